The molecule has 6 heteroatoms. The van der Waals surface area contributed by atoms with Gasteiger partial charge in [-0.15, -0.1) is 0 Å². The molecule has 0 spiro atoms. The maximum absolute atomic E-state index is 9.37. The number of nitrogens with one attached hydrogen (secondary N) is 1. The van der Waals surface area contributed by atoms with Gasteiger partial charge in [-0.1, -0.05) is 6.92 Å². The van der Waals surface area contributed by atoms with Crippen molar-refractivity contribution in [2.75, 3.05) is 17.6 Å². The monoisotopic (exact) mass is 230 g/mol. The molecule has 1 aromatic rings. The number of anilines is 2. The molecule has 0 amide bonds. The minimum Gasteiger partial charge on any atom is -0.394 e. The molecule has 0 aromatic carbocycles. The SMILES string of the molecule is CCC(O)CNc1nc(Cl)nc(C)c1N. The van der Waals surface area contributed by atoms with E-state index < -0.39 is 6.10 Å². The Bertz CT molecular complexity index is 345. The van der Waals surface area contributed by atoms with E-state index in [-0.39, 0.29) is 5.28 Å². The highest BCUT2D eigenvalue weighted by atomic mass is 35.5. The number of aliphatic hydroxyl groups is 1. The summed E-state index contributed by atoms with van der Waals surface area (Å²) in [5.74, 6) is 0.472. The first-order valence-corrected chi connectivity index (χ1v) is 5.14. The predicted molar refractivity (Wildman–Crippen MR) is 61.0 cm³/mol. The lowest BCUT2D eigenvalue weighted by Gasteiger charge is -2.12. The Balaban J connectivity index is 2.76. The summed E-state index contributed by atoms with van der Waals surface area (Å²) in [6.45, 7) is 4.05. The van der Waals surface area contributed by atoms with Crippen molar-refractivity contribution >= 4 is 23.1 Å². The average Bonchev–Trinajstić information content (AvgIpc) is 2.20. The molecule has 0 aliphatic heterocycles. The van der Waals surface area contributed by atoms with Gasteiger partial charge in [0.2, 0.25) is 5.28 Å². The van der Waals surface area contributed by atoms with E-state index in [9.17, 15) is 5.11 Å². The van der Waals surface area contributed by atoms with Gasteiger partial charge >= 0.3 is 0 Å². The largest absolute Gasteiger partial charge is 0.394 e. The van der Waals surface area contributed by atoms with Crippen molar-refractivity contribution in [1.82, 2.24) is 9.97 Å². The Labute approximate surface area is 93.7 Å². The zero-order valence-corrected chi connectivity index (χ0v) is 9.54. The molecule has 1 atom stereocenters. The van der Waals surface area contributed by atoms with Gasteiger partial charge in [-0.25, -0.2) is 4.98 Å². The number of rotatable bonds is 4. The maximum Gasteiger partial charge on any atom is 0.224 e. The quantitative estimate of drug-likeness (QED) is 0.677. The maximum atomic E-state index is 9.37. The molecular weight excluding hydrogens is 216 g/mol. The first-order valence-electron chi connectivity index (χ1n) is 4.76. The Hall–Kier alpha value is -1.07. The molecule has 0 aliphatic rings. The van der Waals surface area contributed by atoms with Crippen molar-refractivity contribution in [3.8, 4) is 0 Å². The molecule has 15 heavy (non-hydrogen) atoms. The third kappa shape index (κ3) is 3.21. The third-order valence-corrected chi connectivity index (χ3v) is 2.25. The zero-order chi connectivity index (χ0) is 11.4. The van der Waals surface area contributed by atoms with Gasteiger partial charge < -0.3 is 16.2 Å². The second kappa shape index (κ2) is 5.14. The van der Waals surface area contributed by atoms with Crippen LogP contribution in [0.1, 0.15) is 19.0 Å². The molecule has 1 unspecified atom stereocenters. The van der Waals surface area contributed by atoms with E-state index in [0.717, 1.165) is 0 Å². The van der Waals surface area contributed by atoms with Crippen LogP contribution in [0.5, 0.6) is 0 Å². The number of nitrogens with two attached hydrogens (primary N) is 1. The predicted octanol–water partition coefficient (Wildman–Crippen LogP) is 1.20. The van der Waals surface area contributed by atoms with Crippen molar-refractivity contribution in [1.29, 1.82) is 0 Å². The minimum atomic E-state index is -0.418. The Morgan fingerprint density at radius 2 is 2.20 bits per heavy atom. The summed E-state index contributed by atoms with van der Waals surface area (Å²) in [6, 6.07) is 0. The van der Waals surface area contributed by atoms with Crippen LogP contribution in [0.25, 0.3) is 0 Å². The van der Waals surface area contributed by atoms with Crippen LogP contribution in [-0.4, -0.2) is 27.7 Å². The molecule has 5 nitrogen and oxygen atoms in total. The number of aromatic nitrogens is 2. The molecule has 0 radical (unpaired) electrons. The van der Waals surface area contributed by atoms with E-state index in [1.54, 1.807) is 6.92 Å². The van der Waals surface area contributed by atoms with Gasteiger partial charge in [-0.05, 0) is 24.9 Å². The van der Waals surface area contributed by atoms with Gasteiger partial charge in [-0.3, -0.25) is 0 Å². The van der Waals surface area contributed by atoms with Gasteiger partial charge in [0, 0.05) is 6.54 Å². The zero-order valence-electron chi connectivity index (χ0n) is 8.79. The molecule has 4 N–H and O–H groups in total. The molecule has 1 heterocycles. The Morgan fingerprint density at radius 1 is 1.53 bits per heavy atom. The van der Waals surface area contributed by atoms with E-state index in [0.29, 0.717) is 30.2 Å². The fraction of sp³-hybridized carbons (Fsp3) is 0.556. The topological polar surface area (TPSA) is 84.1 Å². The van der Waals surface area contributed by atoms with E-state index >= 15 is 0 Å². The van der Waals surface area contributed by atoms with Crippen molar-refractivity contribution in [2.24, 2.45) is 0 Å². The third-order valence-electron chi connectivity index (χ3n) is 2.09. The minimum absolute atomic E-state index is 0.148. The number of aryl methyl sites for hydroxylation is 1. The Kier molecular flexibility index (Phi) is 4.11. The normalized spacial score (nSPS) is 12.5. The van der Waals surface area contributed by atoms with Crippen LogP contribution in [0.4, 0.5) is 11.5 Å². The van der Waals surface area contributed by atoms with E-state index in [4.69, 9.17) is 17.3 Å². The van der Waals surface area contributed by atoms with Gasteiger partial charge in [0.15, 0.2) is 5.82 Å². The Morgan fingerprint density at radius 3 is 2.80 bits per heavy atom. The highest BCUT2D eigenvalue weighted by Gasteiger charge is 2.08. The van der Waals surface area contributed by atoms with Crippen molar-refractivity contribution in [2.45, 2.75) is 26.4 Å². The molecule has 1 rings (SSSR count). The van der Waals surface area contributed by atoms with Crippen LogP contribution in [0, 0.1) is 6.92 Å². The van der Waals surface area contributed by atoms with Crippen molar-refractivity contribution in [3.63, 3.8) is 0 Å². The lowest BCUT2D eigenvalue weighted by atomic mass is 10.3. The average molecular weight is 231 g/mol. The summed E-state index contributed by atoms with van der Waals surface area (Å²) in [5.41, 5.74) is 6.84. The first-order chi connectivity index (χ1) is 7.04. The summed E-state index contributed by atoms with van der Waals surface area (Å²) in [6.07, 6.45) is 0.253. The smallest absolute Gasteiger partial charge is 0.224 e. The van der Waals surface area contributed by atoms with Crippen LogP contribution >= 0.6 is 11.6 Å². The number of nitrogens with zero attached hydrogens (tertiary/aromatic N) is 2. The lowest BCUT2D eigenvalue weighted by Crippen LogP contribution is -2.20. The van der Waals surface area contributed by atoms with Gasteiger partial charge in [-0.2, -0.15) is 4.98 Å². The summed E-state index contributed by atoms with van der Waals surface area (Å²) in [7, 11) is 0. The number of nitrogen functional groups attached to an aromatic ring is 1. The van der Waals surface area contributed by atoms with Gasteiger partial charge in [0.1, 0.15) is 0 Å². The van der Waals surface area contributed by atoms with E-state index in [1.165, 1.54) is 0 Å². The molecule has 0 saturated carbocycles. The number of halogens is 1. The van der Waals surface area contributed by atoms with Crippen LogP contribution in [0.15, 0.2) is 0 Å². The van der Waals surface area contributed by atoms with Gasteiger partial charge in [0.25, 0.3) is 0 Å². The second-order valence-electron chi connectivity index (χ2n) is 3.28. The van der Waals surface area contributed by atoms with E-state index in [1.807, 2.05) is 6.92 Å². The van der Waals surface area contributed by atoms with Gasteiger partial charge in [0.05, 0.1) is 17.5 Å². The number of hydrogen-bond donors (Lipinski definition) is 3. The summed E-state index contributed by atoms with van der Waals surface area (Å²) < 4.78 is 0. The summed E-state index contributed by atoms with van der Waals surface area (Å²) >= 11 is 5.69. The van der Waals surface area contributed by atoms with Crippen LogP contribution in [-0.2, 0) is 0 Å². The van der Waals surface area contributed by atoms with Crippen molar-refractivity contribution < 1.29 is 5.11 Å². The highest BCUT2D eigenvalue weighted by molar-refractivity contribution is 6.28. The number of hydrogen-bond acceptors (Lipinski definition) is 5. The second-order valence-corrected chi connectivity index (χ2v) is 3.62. The van der Waals surface area contributed by atoms with Crippen LogP contribution < -0.4 is 11.1 Å². The number of aliphatic hydroxyl groups excluding tert-OH is 1. The fourth-order valence-corrected chi connectivity index (χ4v) is 1.25. The summed E-state index contributed by atoms with van der Waals surface area (Å²) in [4.78, 5) is 7.85. The molecule has 1 aromatic heterocycles. The molecule has 0 aliphatic carbocycles. The van der Waals surface area contributed by atoms with Crippen LogP contribution in [0.3, 0.4) is 0 Å². The molecule has 0 saturated heterocycles. The molecular formula is C9H15ClN4O. The fourth-order valence-electron chi connectivity index (χ4n) is 1.04. The van der Waals surface area contributed by atoms with Crippen molar-refractivity contribution in [3.05, 3.63) is 11.0 Å². The van der Waals surface area contributed by atoms with E-state index in [2.05, 4.69) is 15.3 Å². The first kappa shape index (κ1) is 12.0. The molecule has 0 bridgehead atoms. The molecule has 84 valence electrons. The lowest BCUT2D eigenvalue weighted by molar-refractivity contribution is 0.183. The summed E-state index contributed by atoms with van der Waals surface area (Å²) in [5, 5.41) is 12.5. The standard InChI is InChI=1S/C9H15ClN4O/c1-3-6(15)4-12-8-7(11)5(2)13-9(10)14-8/h6,15H,3-4,11H2,1-2H3,(H,12,13,14). The molecule has 0 fully saturated rings. The van der Waals surface area contributed by atoms with Crippen LogP contribution in [0.2, 0.25) is 5.28 Å². The highest BCUT2D eigenvalue weighted by Crippen LogP contribution is 2.20.